The Balaban J connectivity index is 2.13. The van der Waals surface area contributed by atoms with Gasteiger partial charge in [-0.2, -0.15) is 10.1 Å². The molecule has 0 unspecified atom stereocenters. The van der Waals surface area contributed by atoms with E-state index in [0.717, 1.165) is 0 Å². The Morgan fingerprint density at radius 3 is 2.88 bits per heavy atom. The van der Waals surface area contributed by atoms with E-state index in [0.29, 0.717) is 23.2 Å². The number of nitrogens with two attached hydrogens (primary N) is 1. The van der Waals surface area contributed by atoms with Crippen LogP contribution in [0.2, 0.25) is 0 Å². The third-order valence-corrected chi connectivity index (χ3v) is 2.22. The molecular weight excluding hydrogens is 218 g/mol. The van der Waals surface area contributed by atoms with Crippen LogP contribution in [-0.2, 0) is 0 Å². The molecule has 0 saturated carbocycles. The summed E-state index contributed by atoms with van der Waals surface area (Å²) < 4.78 is 6.82. The maximum atomic E-state index is 5.74. The van der Waals surface area contributed by atoms with Gasteiger partial charge in [0.25, 0.3) is 5.95 Å². The predicted molar refractivity (Wildman–Crippen MR) is 61.3 cm³/mol. The van der Waals surface area contributed by atoms with E-state index in [4.69, 9.17) is 10.2 Å². The molecule has 0 fully saturated rings. The molecule has 0 bridgehead atoms. The molecule has 17 heavy (non-hydrogen) atoms. The van der Waals surface area contributed by atoms with Crippen LogP contribution in [0.3, 0.4) is 0 Å². The van der Waals surface area contributed by atoms with E-state index in [1.807, 2.05) is 6.07 Å². The van der Waals surface area contributed by atoms with Crippen LogP contribution in [-0.4, -0.2) is 19.7 Å². The predicted octanol–water partition coefficient (Wildman–Crippen LogP) is 1.50. The van der Waals surface area contributed by atoms with Crippen LogP contribution >= 0.6 is 0 Å². The van der Waals surface area contributed by atoms with Crippen molar-refractivity contribution in [2.75, 3.05) is 5.73 Å². The van der Waals surface area contributed by atoms with Gasteiger partial charge in [-0.15, -0.1) is 0 Å². The van der Waals surface area contributed by atoms with Gasteiger partial charge in [-0.25, -0.2) is 9.67 Å². The maximum Gasteiger partial charge on any atom is 0.253 e. The van der Waals surface area contributed by atoms with Crippen molar-refractivity contribution in [2.45, 2.75) is 0 Å². The van der Waals surface area contributed by atoms with E-state index in [-0.39, 0.29) is 0 Å². The summed E-state index contributed by atoms with van der Waals surface area (Å²) in [7, 11) is 0. The minimum absolute atomic E-state index is 0.372. The second kappa shape index (κ2) is 3.75. The van der Waals surface area contributed by atoms with Crippen molar-refractivity contribution < 1.29 is 4.42 Å². The normalized spacial score (nSPS) is 10.6. The molecule has 3 aromatic rings. The molecule has 84 valence electrons. The molecule has 0 aromatic carbocycles. The highest BCUT2D eigenvalue weighted by Gasteiger charge is 2.08. The van der Waals surface area contributed by atoms with Gasteiger partial charge in [0.15, 0.2) is 5.76 Å². The number of nitrogen functional groups attached to an aromatic ring is 1. The fourth-order valence-corrected chi connectivity index (χ4v) is 1.49. The number of anilines is 1. The smallest absolute Gasteiger partial charge is 0.253 e. The molecule has 0 amide bonds. The lowest BCUT2D eigenvalue weighted by atomic mass is 10.3. The zero-order valence-corrected chi connectivity index (χ0v) is 8.82. The highest BCUT2D eigenvalue weighted by atomic mass is 16.3. The van der Waals surface area contributed by atoms with Gasteiger partial charge in [-0.3, -0.25) is 0 Å². The van der Waals surface area contributed by atoms with Crippen molar-refractivity contribution >= 4 is 5.82 Å². The molecule has 3 heterocycles. The lowest BCUT2D eigenvalue weighted by Crippen LogP contribution is -2.05. The lowest BCUT2D eigenvalue weighted by molar-refractivity contribution is 0.579. The van der Waals surface area contributed by atoms with Crippen molar-refractivity contribution in [1.82, 2.24) is 19.7 Å². The molecule has 6 nitrogen and oxygen atoms in total. The third-order valence-electron chi connectivity index (χ3n) is 2.22. The zero-order valence-electron chi connectivity index (χ0n) is 8.82. The Hall–Kier alpha value is -2.63. The Morgan fingerprint density at radius 2 is 2.18 bits per heavy atom. The molecule has 0 atom stereocenters. The zero-order chi connectivity index (χ0) is 11.7. The molecule has 0 radical (unpaired) electrons. The van der Waals surface area contributed by atoms with Crippen LogP contribution in [0.5, 0.6) is 0 Å². The van der Waals surface area contributed by atoms with Gasteiger partial charge >= 0.3 is 0 Å². The van der Waals surface area contributed by atoms with Gasteiger partial charge in [0.1, 0.15) is 11.5 Å². The molecule has 3 rings (SSSR count). The fraction of sp³-hybridized carbons (Fsp3) is 0. The second-order valence-electron chi connectivity index (χ2n) is 3.41. The standard InChI is InChI=1S/C11H9N5O/c12-10-7-8(9-3-1-6-17-9)14-11(15-10)16-5-2-4-13-16/h1-7H,(H2,12,14,15). The molecule has 0 saturated heterocycles. The quantitative estimate of drug-likeness (QED) is 0.717. The minimum atomic E-state index is 0.372. The van der Waals surface area contributed by atoms with Crippen LogP contribution in [0, 0.1) is 0 Å². The molecule has 3 aromatic heterocycles. The fourth-order valence-electron chi connectivity index (χ4n) is 1.49. The Bertz CT molecular complexity index is 563. The molecule has 0 aliphatic heterocycles. The summed E-state index contributed by atoms with van der Waals surface area (Å²) in [4.78, 5) is 8.45. The summed E-state index contributed by atoms with van der Waals surface area (Å²) in [6.45, 7) is 0. The second-order valence-corrected chi connectivity index (χ2v) is 3.41. The summed E-state index contributed by atoms with van der Waals surface area (Å²) in [5.74, 6) is 1.44. The number of hydrogen-bond acceptors (Lipinski definition) is 5. The lowest BCUT2D eigenvalue weighted by Gasteiger charge is -2.03. The van der Waals surface area contributed by atoms with Crippen LogP contribution in [0.4, 0.5) is 5.82 Å². The van der Waals surface area contributed by atoms with E-state index >= 15 is 0 Å². The van der Waals surface area contributed by atoms with Crippen LogP contribution in [0.1, 0.15) is 0 Å². The monoisotopic (exact) mass is 227 g/mol. The first-order valence-corrected chi connectivity index (χ1v) is 5.01. The summed E-state index contributed by atoms with van der Waals surface area (Å²) in [6, 6.07) is 7.06. The average Bonchev–Trinajstić information content (AvgIpc) is 3.02. The van der Waals surface area contributed by atoms with Crippen molar-refractivity contribution in [2.24, 2.45) is 0 Å². The third kappa shape index (κ3) is 1.76. The van der Waals surface area contributed by atoms with Crippen molar-refractivity contribution in [3.63, 3.8) is 0 Å². The Labute approximate surface area is 96.7 Å². The van der Waals surface area contributed by atoms with Gasteiger partial charge in [-0.05, 0) is 18.2 Å². The van der Waals surface area contributed by atoms with E-state index < -0.39 is 0 Å². The number of rotatable bonds is 2. The highest BCUT2D eigenvalue weighted by Crippen LogP contribution is 2.19. The van der Waals surface area contributed by atoms with E-state index in [9.17, 15) is 0 Å². The first-order valence-electron chi connectivity index (χ1n) is 5.01. The van der Waals surface area contributed by atoms with Gasteiger partial charge in [0.2, 0.25) is 0 Å². The number of hydrogen-bond donors (Lipinski definition) is 1. The first-order chi connectivity index (χ1) is 8.33. The Kier molecular flexibility index (Phi) is 2.11. The molecular formula is C11H9N5O. The number of aromatic nitrogens is 4. The van der Waals surface area contributed by atoms with Gasteiger partial charge < -0.3 is 10.2 Å². The molecule has 0 spiro atoms. The molecule has 6 heteroatoms. The topological polar surface area (TPSA) is 82.8 Å². The van der Waals surface area contributed by atoms with Crippen LogP contribution in [0.15, 0.2) is 47.3 Å². The average molecular weight is 227 g/mol. The van der Waals surface area contributed by atoms with Crippen LogP contribution in [0.25, 0.3) is 17.4 Å². The summed E-state index contributed by atoms with van der Waals surface area (Å²) >= 11 is 0. The van der Waals surface area contributed by atoms with Gasteiger partial charge in [-0.1, -0.05) is 0 Å². The van der Waals surface area contributed by atoms with Crippen molar-refractivity contribution in [1.29, 1.82) is 0 Å². The summed E-state index contributed by atoms with van der Waals surface area (Å²) in [5, 5.41) is 4.06. The van der Waals surface area contributed by atoms with Crippen molar-refractivity contribution in [3.8, 4) is 17.4 Å². The highest BCUT2D eigenvalue weighted by molar-refractivity contribution is 5.56. The van der Waals surface area contributed by atoms with Crippen molar-refractivity contribution in [3.05, 3.63) is 42.9 Å². The number of furan rings is 1. The summed E-state index contributed by atoms with van der Waals surface area (Å²) in [6.07, 6.45) is 4.99. The van der Waals surface area contributed by atoms with E-state index in [1.165, 1.54) is 0 Å². The summed E-state index contributed by atoms with van der Waals surface area (Å²) in [5.41, 5.74) is 6.37. The number of nitrogens with zero attached hydrogens (tertiary/aromatic N) is 4. The molecule has 2 N–H and O–H groups in total. The van der Waals surface area contributed by atoms with E-state index in [2.05, 4.69) is 15.1 Å². The Morgan fingerprint density at radius 1 is 1.24 bits per heavy atom. The van der Waals surface area contributed by atoms with E-state index in [1.54, 1.807) is 41.5 Å². The SMILES string of the molecule is Nc1cc(-c2ccco2)nc(-n2cccn2)n1. The first kappa shape index (κ1) is 9.59. The van der Waals surface area contributed by atoms with Gasteiger partial charge in [0.05, 0.1) is 6.26 Å². The minimum Gasteiger partial charge on any atom is -0.463 e. The van der Waals surface area contributed by atoms with Crippen LogP contribution < -0.4 is 5.73 Å². The maximum absolute atomic E-state index is 5.74. The molecule has 0 aliphatic rings. The largest absolute Gasteiger partial charge is 0.463 e. The molecule has 0 aliphatic carbocycles. The van der Waals surface area contributed by atoms with Gasteiger partial charge in [0, 0.05) is 18.5 Å².